The number of aliphatic imine (C=N–C) groups is 2. The summed E-state index contributed by atoms with van der Waals surface area (Å²) in [6, 6.07) is 2.04. The van der Waals surface area contributed by atoms with Crippen LogP contribution in [0.2, 0.25) is 0 Å². The van der Waals surface area contributed by atoms with Gasteiger partial charge in [0.25, 0.3) is 0 Å². The van der Waals surface area contributed by atoms with Gasteiger partial charge >= 0.3 is 0 Å². The summed E-state index contributed by atoms with van der Waals surface area (Å²) in [5.41, 5.74) is 2.20. The summed E-state index contributed by atoms with van der Waals surface area (Å²) in [5, 5.41) is 2.96. The maximum atomic E-state index is 3.98. The van der Waals surface area contributed by atoms with Crippen molar-refractivity contribution < 1.29 is 0 Å². The molecule has 0 spiro atoms. The van der Waals surface area contributed by atoms with Crippen molar-refractivity contribution >= 4 is 34.5 Å². The molecule has 3 heteroatoms. The van der Waals surface area contributed by atoms with Crippen LogP contribution in [0.4, 0.5) is 5.00 Å². The number of rotatable bonds is 3. The fourth-order valence-electron chi connectivity index (χ4n) is 1.25. The molecule has 1 rings (SSSR count). The lowest BCUT2D eigenvalue weighted by Gasteiger charge is -2.06. The SMILES string of the molecule is C=Nc1sccc1C(=C=NC)C(C)C. The van der Waals surface area contributed by atoms with Gasteiger partial charge in [0.1, 0.15) is 5.00 Å². The maximum absolute atomic E-state index is 3.98. The van der Waals surface area contributed by atoms with Crippen molar-refractivity contribution in [1.29, 1.82) is 0 Å². The third-order valence-corrected chi connectivity index (χ3v) is 2.73. The number of hydrogen-bond donors (Lipinski definition) is 0. The topological polar surface area (TPSA) is 24.7 Å². The van der Waals surface area contributed by atoms with E-state index in [-0.39, 0.29) is 0 Å². The molecule has 14 heavy (non-hydrogen) atoms. The zero-order valence-electron chi connectivity index (χ0n) is 8.74. The molecule has 74 valence electrons. The van der Waals surface area contributed by atoms with E-state index in [0.29, 0.717) is 5.92 Å². The summed E-state index contributed by atoms with van der Waals surface area (Å²) in [4.78, 5) is 7.93. The van der Waals surface area contributed by atoms with Gasteiger partial charge < -0.3 is 0 Å². The molecule has 0 aromatic carbocycles. The second kappa shape index (κ2) is 4.89. The molecule has 0 aliphatic rings. The minimum absolute atomic E-state index is 0.397. The predicted octanol–water partition coefficient (Wildman–Crippen LogP) is 3.42. The Morgan fingerprint density at radius 2 is 2.29 bits per heavy atom. The minimum atomic E-state index is 0.397. The van der Waals surface area contributed by atoms with Crippen LogP contribution in [-0.2, 0) is 0 Å². The molecule has 0 fully saturated rings. The molecule has 0 saturated heterocycles. The smallest absolute Gasteiger partial charge is 0.123 e. The van der Waals surface area contributed by atoms with Gasteiger partial charge in [0.2, 0.25) is 0 Å². The van der Waals surface area contributed by atoms with E-state index >= 15 is 0 Å². The molecule has 0 N–H and O–H groups in total. The monoisotopic (exact) mass is 206 g/mol. The van der Waals surface area contributed by atoms with Gasteiger partial charge in [-0.3, -0.25) is 4.99 Å². The van der Waals surface area contributed by atoms with E-state index in [1.165, 1.54) is 0 Å². The third kappa shape index (κ3) is 2.19. The first-order valence-corrected chi connectivity index (χ1v) is 5.35. The Labute approximate surface area is 88.7 Å². The fourth-order valence-corrected chi connectivity index (χ4v) is 1.96. The van der Waals surface area contributed by atoms with Crippen molar-refractivity contribution in [3.05, 3.63) is 17.0 Å². The van der Waals surface area contributed by atoms with Crippen LogP contribution in [0.3, 0.4) is 0 Å². The van der Waals surface area contributed by atoms with Crippen LogP contribution >= 0.6 is 11.3 Å². The van der Waals surface area contributed by atoms with E-state index in [1.807, 2.05) is 11.4 Å². The highest BCUT2D eigenvalue weighted by atomic mass is 32.1. The third-order valence-electron chi connectivity index (χ3n) is 1.89. The molecule has 0 amide bonds. The fraction of sp³-hybridized carbons (Fsp3) is 0.364. The van der Waals surface area contributed by atoms with Crippen LogP contribution in [0.15, 0.2) is 21.4 Å². The molecule has 0 atom stereocenters. The Balaban J connectivity index is 3.25. The van der Waals surface area contributed by atoms with Gasteiger partial charge in [-0.05, 0) is 30.0 Å². The highest BCUT2D eigenvalue weighted by molar-refractivity contribution is 7.14. The van der Waals surface area contributed by atoms with E-state index in [0.717, 1.165) is 16.1 Å². The van der Waals surface area contributed by atoms with Crippen LogP contribution in [0.25, 0.3) is 5.57 Å². The van der Waals surface area contributed by atoms with Crippen molar-refractivity contribution in [3.8, 4) is 0 Å². The standard InChI is InChI=1S/C11H14N2S/c1-8(2)10(7-12-3)9-5-6-14-11(9)13-4/h5-6,8H,4H2,1-3H3. The lowest BCUT2D eigenvalue weighted by Crippen LogP contribution is -1.93. The van der Waals surface area contributed by atoms with Gasteiger partial charge in [-0.25, -0.2) is 4.99 Å². The van der Waals surface area contributed by atoms with Gasteiger partial charge in [-0.2, -0.15) is 0 Å². The number of hydrogen-bond acceptors (Lipinski definition) is 3. The van der Waals surface area contributed by atoms with Crippen LogP contribution in [-0.4, -0.2) is 19.6 Å². The zero-order chi connectivity index (χ0) is 10.6. The second-order valence-corrected chi connectivity index (χ2v) is 4.10. The summed E-state index contributed by atoms with van der Waals surface area (Å²) < 4.78 is 0. The molecule has 2 nitrogen and oxygen atoms in total. The van der Waals surface area contributed by atoms with Crippen LogP contribution in [0, 0.1) is 5.92 Å². The summed E-state index contributed by atoms with van der Waals surface area (Å²) in [6.07, 6.45) is 0. The molecular formula is C11H14N2S. The first kappa shape index (κ1) is 10.9. The van der Waals surface area contributed by atoms with Crippen LogP contribution in [0.5, 0.6) is 0 Å². The van der Waals surface area contributed by atoms with E-state index < -0.39 is 0 Å². The molecule has 0 bridgehead atoms. The first-order valence-electron chi connectivity index (χ1n) is 4.47. The zero-order valence-corrected chi connectivity index (χ0v) is 9.56. The first-order chi connectivity index (χ1) is 6.70. The number of allylic oxidation sites excluding steroid dienone is 1. The largest absolute Gasteiger partial charge is 0.253 e. The number of thiophene rings is 1. The normalized spacial score (nSPS) is 9.71. The van der Waals surface area contributed by atoms with Gasteiger partial charge in [0.15, 0.2) is 0 Å². The summed E-state index contributed by atoms with van der Waals surface area (Å²) in [7, 11) is 1.73. The average molecular weight is 206 g/mol. The molecule has 1 aromatic rings. The molecule has 1 aromatic heterocycles. The van der Waals surface area contributed by atoms with Crippen molar-refractivity contribution in [1.82, 2.24) is 0 Å². The van der Waals surface area contributed by atoms with Gasteiger partial charge in [-0.1, -0.05) is 13.8 Å². The Morgan fingerprint density at radius 3 is 2.79 bits per heavy atom. The summed E-state index contributed by atoms with van der Waals surface area (Å²) in [5.74, 6) is 3.42. The molecular weight excluding hydrogens is 192 g/mol. The Hall–Kier alpha value is -1.18. The molecule has 0 radical (unpaired) electrons. The van der Waals surface area contributed by atoms with Gasteiger partial charge in [0, 0.05) is 18.2 Å². The van der Waals surface area contributed by atoms with Crippen molar-refractivity contribution in [3.63, 3.8) is 0 Å². The predicted molar refractivity (Wildman–Crippen MR) is 65.1 cm³/mol. The lowest BCUT2D eigenvalue weighted by molar-refractivity contribution is 0.862. The quantitative estimate of drug-likeness (QED) is 0.677. The molecule has 0 saturated carbocycles. The van der Waals surface area contributed by atoms with E-state index in [1.54, 1.807) is 18.4 Å². The molecule has 0 aliphatic heterocycles. The Morgan fingerprint density at radius 1 is 1.57 bits per heavy atom. The van der Waals surface area contributed by atoms with Crippen molar-refractivity contribution in [2.75, 3.05) is 7.05 Å². The molecule has 0 unspecified atom stereocenters. The van der Waals surface area contributed by atoms with E-state index in [9.17, 15) is 0 Å². The Kier molecular flexibility index (Phi) is 3.81. The van der Waals surface area contributed by atoms with Crippen LogP contribution < -0.4 is 0 Å². The highest BCUT2D eigenvalue weighted by Crippen LogP contribution is 2.33. The number of nitrogens with zero attached hydrogens (tertiary/aromatic N) is 2. The highest BCUT2D eigenvalue weighted by Gasteiger charge is 2.11. The van der Waals surface area contributed by atoms with Gasteiger partial charge in [-0.15, -0.1) is 11.3 Å². The Bertz CT molecular complexity index is 382. The molecule has 0 aliphatic carbocycles. The molecule has 1 heterocycles. The summed E-state index contributed by atoms with van der Waals surface area (Å²) >= 11 is 1.59. The van der Waals surface area contributed by atoms with Crippen molar-refractivity contribution in [2.24, 2.45) is 15.9 Å². The van der Waals surface area contributed by atoms with Crippen molar-refractivity contribution in [2.45, 2.75) is 13.8 Å². The minimum Gasteiger partial charge on any atom is -0.253 e. The second-order valence-electron chi connectivity index (χ2n) is 3.20. The average Bonchev–Trinajstić information content (AvgIpc) is 2.61. The van der Waals surface area contributed by atoms with E-state index in [4.69, 9.17) is 0 Å². The van der Waals surface area contributed by atoms with Crippen LogP contribution in [0.1, 0.15) is 19.4 Å². The maximum Gasteiger partial charge on any atom is 0.123 e. The lowest BCUT2D eigenvalue weighted by atomic mass is 9.99. The van der Waals surface area contributed by atoms with Gasteiger partial charge in [0.05, 0.1) is 0 Å². The van der Waals surface area contributed by atoms with E-state index in [2.05, 4.69) is 36.4 Å². The summed E-state index contributed by atoms with van der Waals surface area (Å²) in [6.45, 7) is 7.80.